The van der Waals surface area contributed by atoms with Gasteiger partial charge in [-0.05, 0) is 31.0 Å². The van der Waals surface area contributed by atoms with E-state index in [4.69, 9.17) is 0 Å². The second kappa shape index (κ2) is 3.49. The first-order chi connectivity index (χ1) is 7.74. The lowest BCUT2D eigenvalue weighted by molar-refractivity contribution is 0.404. The van der Waals surface area contributed by atoms with Gasteiger partial charge < -0.3 is 10.2 Å². The van der Waals surface area contributed by atoms with Crippen LogP contribution in [0.15, 0.2) is 23.6 Å². The molecule has 4 heteroatoms. The van der Waals surface area contributed by atoms with Crippen LogP contribution in [-0.4, -0.2) is 15.2 Å². The first-order valence-electron chi connectivity index (χ1n) is 5.22. The summed E-state index contributed by atoms with van der Waals surface area (Å²) in [4.78, 5) is 4.54. The van der Waals surface area contributed by atoms with Crippen molar-refractivity contribution in [3.63, 3.8) is 0 Å². The molecule has 0 atom stereocenters. The highest BCUT2D eigenvalue weighted by Crippen LogP contribution is 2.42. The summed E-state index contributed by atoms with van der Waals surface area (Å²) in [6.07, 6.45) is 2.49. The molecule has 1 aromatic heterocycles. The average molecular weight is 233 g/mol. The molecule has 1 heterocycles. The van der Waals surface area contributed by atoms with Gasteiger partial charge in [0.1, 0.15) is 0 Å². The largest absolute Gasteiger partial charge is 0.504 e. The molecule has 1 fully saturated rings. The van der Waals surface area contributed by atoms with Crippen molar-refractivity contribution in [1.82, 2.24) is 4.98 Å². The molecule has 0 amide bonds. The molecular formula is C12H11NO2S. The second-order valence-electron chi connectivity index (χ2n) is 4.05. The Kier molecular flexibility index (Phi) is 2.11. The molecule has 0 spiro atoms. The molecule has 1 aliphatic rings. The van der Waals surface area contributed by atoms with E-state index in [2.05, 4.69) is 4.98 Å². The highest BCUT2D eigenvalue weighted by Gasteiger charge is 2.26. The van der Waals surface area contributed by atoms with Crippen LogP contribution in [0.25, 0.3) is 11.3 Å². The van der Waals surface area contributed by atoms with Crippen LogP contribution in [0.5, 0.6) is 11.5 Å². The van der Waals surface area contributed by atoms with E-state index in [0.717, 1.165) is 11.3 Å². The number of aromatic hydroxyl groups is 2. The van der Waals surface area contributed by atoms with Gasteiger partial charge in [-0.2, -0.15) is 0 Å². The van der Waals surface area contributed by atoms with Crippen molar-refractivity contribution in [2.75, 3.05) is 0 Å². The van der Waals surface area contributed by atoms with Crippen LogP contribution < -0.4 is 0 Å². The summed E-state index contributed by atoms with van der Waals surface area (Å²) in [7, 11) is 0. The first kappa shape index (κ1) is 9.66. The van der Waals surface area contributed by atoms with Gasteiger partial charge in [0, 0.05) is 16.9 Å². The lowest BCUT2D eigenvalue weighted by Crippen LogP contribution is -1.80. The first-order valence-corrected chi connectivity index (χ1v) is 6.10. The number of nitrogens with zero attached hydrogens (tertiary/aromatic N) is 1. The molecule has 3 rings (SSSR count). The van der Waals surface area contributed by atoms with Crippen molar-refractivity contribution in [1.29, 1.82) is 0 Å². The molecule has 0 aliphatic heterocycles. The number of hydrogen-bond acceptors (Lipinski definition) is 4. The van der Waals surface area contributed by atoms with Gasteiger partial charge in [0.15, 0.2) is 11.5 Å². The van der Waals surface area contributed by atoms with Crippen LogP contribution in [0.2, 0.25) is 0 Å². The monoisotopic (exact) mass is 233 g/mol. The summed E-state index contributed by atoms with van der Waals surface area (Å²) in [5, 5.41) is 21.8. The Bertz CT molecular complexity index is 532. The zero-order valence-electron chi connectivity index (χ0n) is 8.55. The van der Waals surface area contributed by atoms with Gasteiger partial charge in [-0.15, -0.1) is 11.3 Å². The molecule has 0 bridgehead atoms. The standard InChI is InChI=1S/C12H11NO2S/c14-10-4-3-8(5-11(10)15)9-6-16-12(13-9)7-1-2-7/h3-7,14-15H,1-2H2. The van der Waals surface area contributed by atoms with E-state index in [-0.39, 0.29) is 11.5 Å². The predicted molar refractivity (Wildman–Crippen MR) is 62.9 cm³/mol. The lowest BCUT2D eigenvalue weighted by atomic mass is 10.1. The smallest absolute Gasteiger partial charge is 0.158 e. The topological polar surface area (TPSA) is 53.4 Å². The van der Waals surface area contributed by atoms with E-state index in [1.165, 1.54) is 23.9 Å². The molecule has 1 saturated carbocycles. The Morgan fingerprint density at radius 2 is 2.00 bits per heavy atom. The number of aromatic nitrogens is 1. The minimum absolute atomic E-state index is 0.0959. The van der Waals surface area contributed by atoms with Gasteiger partial charge in [-0.25, -0.2) is 4.98 Å². The van der Waals surface area contributed by atoms with Crippen molar-refractivity contribution in [3.8, 4) is 22.8 Å². The molecule has 3 nitrogen and oxygen atoms in total. The zero-order valence-corrected chi connectivity index (χ0v) is 9.37. The van der Waals surface area contributed by atoms with Crippen LogP contribution in [0.4, 0.5) is 0 Å². The molecule has 16 heavy (non-hydrogen) atoms. The molecule has 82 valence electrons. The fraction of sp³-hybridized carbons (Fsp3) is 0.250. The summed E-state index contributed by atoms with van der Waals surface area (Å²) in [6.45, 7) is 0. The minimum atomic E-state index is -0.0986. The third-order valence-electron chi connectivity index (χ3n) is 2.72. The summed E-state index contributed by atoms with van der Waals surface area (Å²) in [6, 6.07) is 4.79. The summed E-state index contributed by atoms with van der Waals surface area (Å²) < 4.78 is 0. The minimum Gasteiger partial charge on any atom is -0.504 e. The van der Waals surface area contributed by atoms with Crippen LogP contribution >= 0.6 is 11.3 Å². The van der Waals surface area contributed by atoms with Crippen molar-refractivity contribution in [3.05, 3.63) is 28.6 Å². The zero-order chi connectivity index (χ0) is 11.1. The van der Waals surface area contributed by atoms with Crippen LogP contribution in [0.3, 0.4) is 0 Å². The maximum atomic E-state index is 9.42. The number of thiazole rings is 1. The van der Waals surface area contributed by atoms with Gasteiger partial charge in [-0.1, -0.05) is 0 Å². The Hall–Kier alpha value is -1.55. The highest BCUT2D eigenvalue weighted by molar-refractivity contribution is 7.10. The van der Waals surface area contributed by atoms with Crippen molar-refractivity contribution >= 4 is 11.3 Å². The van der Waals surface area contributed by atoms with Gasteiger partial charge >= 0.3 is 0 Å². The normalized spacial score (nSPS) is 15.2. The Morgan fingerprint density at radius 3 is 2.69 bits per heavy atom. The molecular weight excluding hydrogens is 222 g/mol. The van der Waals surface area contributed by atoms with E-state index in [9.17, 15) is 10.2 Å². The fourth-order valence-corrected chi connectivity index (χ4v) is 2.62. The number of phenols is 2. The van der Waals surface area contributed by atoms with Crippen molar-refractivity contribution in [2.45, 2.75) is 18.8 Å². The summed E-state index contributed by atoms with van der Waals surface area (Å²) in [5.41, 5.74) is 1.72. The van der Waals surface area contributed by atoms with E-state index in [1.54, 1.807) is 23.5 Å². The molecule has 1 aliphatic carbocycles. The van der Waals surface area contributed by atoms with Gasteiger partial charge in [0.25, 0.3) is 0 Å². The maximum absolute atomic E-state index is 9.42. The molecule has 0 radical (unpaired) electrons. The molecule has 0 unspecified atom stereocenters. The predicted octanol–water partition coefficient (Wildman–Crippen LogP) is 3.10. The maximum Gasteiger partial charge on any atom is 0.158 e. The average Bonchev–Trinajstić information content (AvgIpc) is 3.01. The van der Waals surface area contributed by atoms with E-state index in [0.29, 0.717) is 5.92 Å². The van der Waals surface area contributed by atoms with Crippen LogP contribution in [0, 0.1) is 0 Å². The van der Waals surface area contributed by atoms with E-state index >= 15 is 0 Å². The molecule has 2 N–H and O–H groups in total. The number of rotatable bonds is 2. The highest BCUT2D eigenvalue weighted by atomic mass is 32.1. The fourth-order valence-electron chi connectivity index (χ4n) is 1.62. The lowest BCUT2D eigenvalue weighted by Gasteiger charge is -2.00. The van der Waals surface area contributed by atoms with Crippen molar-refractivity contribution < 1.29 is 10.2 Å². The molecule has 0 saturated heterocycles. The second-order valence-corrected chi connectivity index (χ2v) is 4.94. The van der Waals surface area contributed by atoms with E-state index < -0.39 is 0 Å². The van der Waals surface area contributed by atoms with Crippen LogP contribution in [0.1, 0.15) is 23.8 Å². The van der Waals surface area contributed by atoms with Gasteiger partial charge in [-0.3, -0.25) is 0 Å². The Labute approximate surface area is 97.0 Å². The van der Waals surface area contributed by atoms with Crippen molar-refractivity contribution in [2.24, 2.45) is 0 Å². The molecule has 2 aromatic rings. The summed E-state index contributed by atoms with van der Waals surface area (Å²) in [5.74, 6) is 0.462. The number of hydrogen-bond donors (Lipinski definition) is 2. The SMILES string of the molecule is Oc1ccc(-c2csc(C3CC3)n2)cc1O. The number of benzene rings is 1. The third-order valence-corrected chi connectivity index (χ3v) is 3.73. The number of phenolic OH excluding ortho intramolecular Hbond substituents is 2. The quantitative estimate of drug-likeness (QED) is 0.784. The molecule has 1 aromatic carbocycles. The van der Waals surface area contributed by atoms with E-state index in [1.807, 2.05) is 5.38 Å². The van der Waals surface area contributed by atoms with Crippen LogP contribution in [-0.2, 0) is 0 Å². The van der Waals surface area contributed by atoms with Gasteiger partial charge in [0.2, 0.25) is 0 Å². The Balaban J connectivity index is 1.97. The van der Waals surface area contributed by atoms with Gasteiger partial charge in [0.05, 0.1) is 10.7 Å². The summed E-state index contributed by atoms with van der Waals surface area (Å²) >= 11 is 1.67. The third kappa shape index (κ3) is 1.65. The Morgan fingerprint density at radius 1 is 1.19 bits per heavy atom.